The highest BCUT2D eigenvalue weighted by molar-refractivity contribution is 6.31. The fourth-order valence-electron chi connectivity index (χ4n) is 4.84. The molecular weight excluding hydrogens is 491 g/mol. The summed E-state index contributed by atoms with van der Waals surface area (Å²) in [5, 5.41) is 6.91. The van der Waals surface area contributed by atoms with Crippen LogP contribution in [0.3, 0.4) is 0 Å². The third-order valence-corrected chi connectivity index (χ3v) is 7.32. The molecule has 0 aliphatic carbocycles. The molecule has 4 N–H and O–H groups in total. The van der Waals surface area contributed by atoms with Gasteiger partial charge in [-0.3, -0.25) is 9.79 Å². The van der Waals surface area contributed by atoms with E-state index in [-0.39, 0.29) is 30.3 Å². The maximum atomic E-state index is 14.8. The van der Waals surface area contributed by atoms with Gasteiger partial charge in [-0.05, 0) is 54.7 Å². The first kappa shape index (κ1) is 25.5. The molecule has 37 heavy (non-hydrogen) atoms. The van der Waals surface area contributed by atoms with Crippen molar-refractivity contribution in [2.24, 2.45) is 10.7 Å². The lowest BCUT2D eigenvalue weighted by atomic mass is 10.0. The summed E-state index contributed by atoms with van der Waals surface area (Å²) in [5.41, 5.74) is 11.2. The second-order valence-corrected chi connectivity index (χ2v) is 9.93. The average Bonchev–Trinajstić information content (AvgIpc) is 3.34. The van der Waals surface area contributed by atoms with Gasteiger partial charge in [0.15, 0.2) is 0 Å². The molecular formula is C29H30ClFN4O2. The summed E-state index contributed by atoms with van der Waals surface area (Å²) in [6.07, 6.45) is 2.09. The highest BCUT2D eigenvalue weighted by Crippen LogP contribution is 2.28. The fourth-order valence-corrected chi connectivity index (χ4v) is 5.05. The van der Waals surface area contributed by atoms with E-state index in [9.17, 15) is 9.18 Å². The molecule has 2 heterocycles. The van der Waals surface area contributed by atoms with E-state index in [0.29, 0.717) is 42.3 Å². The first-order valence-electron chi connectivity index (χ1n) is 12.6. The fraction of sp³-hybridized carbons (Fsp3) is 0.310. The lowest BCUT2D eigenvalue weighted by molar-refractivity contribution is -0.117. The molecule has 8 heteroatoms. The predicted octanol–water partition coefficient (Wildman–Crippen LogP) is 4.61. The molecule has 6 nitrogen and oxygen atoms in total. The molecule has 1 saturated heterocycles. The number of nitrogens with two attached hydrogens (primary N) is 1. The third-order valence-electron chi connectivity index (χ3n) is 6.95. The zero-order valence-electron chi connectivity index (χ0n) is 20.4. The number of carbonyl (C=O) groups excluding carboxylic acids is 1. The quantitative estimate of drug-likeness (QED) is 0.405. The van der Waals surface area contributed by atoms with Gasteiger partial charge < -0.3 is 21.1 Å². The molecule has 0 radical (unpaired) electrons. The van der Waals surface area contributed by atoms with Gasteiger partial charge in [-0.25, -0.2) is 4.39 Å². The second-order valence-electron chi connectivity index (χ2n) is 9.52. The molecule has 0 saturated carbocycles. The van der Waals surface area contributed by atoms with Crippen LogP contribution in [-0.2, 0) is 28.8 Å². The van der Waals surface area contributed by atoms with Crippen molar-refractivity contribution in [3.8, 4) is 0 Å². The molecule has 0 spiro atoms. The standard InChI is InChI=1S/C29H30ClFN4O2/c30-22-8-3-1-6-18(22)14-24(32)29(36)35-26-11-5-9-23(31)21(26)13-12-20-16-33-28(17-37-20)27-15-19-7-2-4-10-25(19)34-27/h1-11,20,24,28,33H,12-17,32H2,(H,35,36)/t20-,24+,28+/m1/s1. The van der Waals surface area contributed by atoms with E-state index in [1.165, 1.54) is 11.6 Å². The summed E-state index contributed by atoms with van der Waals surface area (Å²) in [6, 6.07) is 19.4. The summed E-state index contributed by atoms with van der Waals surface area (Å²) in [5.74, 6) is -0.749. The van der Waals surface area contributed by atoms with Crippen LogP contribution in [0, 0.1) is 5.82 Å². The number of hydrogen-bond acceptors (Lipinski definition) is 5. The van der Waals surface area contributed by atoms with Crippen LogP contribution in [-0.4, -0.2) is 43.0 Å². The van der Waals surface area contributed by atoms with Gasteiger partial charge in [0.1, 0.15) is 5.82 Å². The van der Waals surface area contributed by atoms with Crippen molar-refractivity contribution in [2.45, 2.75) is 43.9 Å². The number of fused-ring (bicyclic) bond motifs is 1. The van der Waals surface area contributed by atoms with Crippen LogP contribution in [0.1, 0.15) is 23.1 Å². The van der Waals surface area contributed by atoms with Crippen LogP contribution in [0.4, 0.5) is 15.8 Å². The Bertz CT molecular complexity index is 1310. The summed E-state index contributed by atoms with van der Waals surface area (Å²) >= 11 is 6.20. The summed E-state index contributed by atoms with van der Waals surface area (Å²) < 4.78 is 20.9. The van der Waals surface area contributed by atoms with E-state index < -0.39 is 6.04 Å². The number of hydrogen-bond donors (Lipinski definition) is 3. The number of nitrogens with zero attached hydrogens (tertiary/aromatic N) is 1. The Labute approximate surface area is 221 Å². The topological polar surface area (TPSA) is 88.7 Å². The van der Waals surface area contributed by atoms with E-state index >= 15 is 0 Å². The number of rotatable bonds is 8. The number of ether oxygens (including phenoxy) is 1. The Morgan fingerprint density at radius 3 is 2.76 bits per heavy atom. The predicted molar refractivity (Wildman–Crippen MR) is 145 cm³/mol. The minimum absolute atomic E-state index is 0.0636. The monoisotopic (exact) mass is 520 g/mol. The maximum Gasteiger partial charge on any atom is 0.241 e. The smallest absolute Gasteiger partial charge is 0.241 e. The molecule has 0 aromatic heterocycles. The van der Waals surface area contributed by atoms with Crippen LogP contribution in [0.5, 0.6) is 0 Å². The van der Waals surface area contributed by atoms with Gasteiger partial charge in [0.25, 0.3) is 0 Å². The molecule has 1 fully saturated rings. The number of nitrogens with one attached hydrogen (secondary N) is 2. The summed E-state index contributed by atoms with van der Waals surface area (Å²) in [4.78, 5) is 17.6. The largest absolute Gasteiger partial charge is 0.375 e. The van der Waals surface area contributed by atoms with Crippen molar-refractivity contribution in [3.05, 3.63) is 94.3 Å². The van der Waals surface area contributed by atoms with Gasteiger partial charge in [-0.15, -0.1) is 0 Å². The number of amides is 1. The number of morpholine rings is 1. The van der Waals surface area contributed by atoms with Crippen LogP contribution in [0.25, 0.3) is 0 Å². The van der Waals surface area contributed by atoms with Gasteiger partial charge >= 0.3 is 0 Å². The molecule has 3 atom stereocenters. The lowest BCUT2D eigenvalue weighted by Gasteiger charge is -2.30. The van der Waals surface area contributed by atoms with E-state index in [2.05, 4.69) is 16.7 Å². The van der Waals surface area contributed by atoms with Gasteiger partial charge in [0, 0.05) is 35.0 Å². The Morgan fingerprint density at radius 2 is 1.97 bits per heavy atom. The van der Waals surface area contributed by atoms with E-state index in [4.69, 9.17) is 27.1 Å². The van der Waals surface area contributed by atoms with Gasteiger partial charge in [0.05, 0.1) is 30.5 Å². The van der Waals surface area contributed by atoms with E-state index in [1.54, 1.807) is 18.2 Å². The van der Waals surface area contributed by atoms with E-state index in [1.807, 2.05) is 36.4 Å². The van der Waals surface area contributed by atoms with E-state index in [0.717, 1.165) is 23.4 Å². The molecule has 5 rings (SSSR count). The Morgan fingerprint density at radius 1 is 1.16 bits per heavy atom. The molecule has 1 amide bonds. The highest BCUT2D eigenvalue weighted by Gasteiger charge is 2.28. The second kappa shape index (κ2) is 11.5. The zero-order valence-corrected chi connectivity index (χ0v) is 21.2. The number of anilines is 1. The Kier molecular flexibility index (Phi) is 7.96. The lowest BCUT2D eigenvalue weighted by Crippen LogP contribution is -2.50. The molecule has 192 valence electrons. The van der Waals surface area contributed by atoms with Crippen molar-refractivity contribution in [1.82, 2.24) is 5.32 Å². The average molecular weight is 521 g/mol. The van der Waals surface area contributed by atoms with Crippen LogP contribution in [0.2, 0.25) is 5.02 Å². The van der Waals surface area contributed by atoms with Crippen molar-refractivity contribution in [3.63, 3.8) is 0 Å². The van der Waals surface area contributed by atoms with Gasteiger partial charge in [-0.2, -0.15) is 0 Å². The van der Waals surface area contributed by atoms with Crippen molar-refractivity contribution < 1.29 is 13.9 Å². The van der Waals surface area contributed by atoms with Crippen LogP contribution in [0.15, 0.2) is 71.7 Å². The first-order valence-corrected chi connectivity index (χ1v) is 12.9. The molecule has 2 aliphatic heterocycles. The van der Waals surface area contributed by atoms with Crippen molar-refractivity contribution >= 4 is 34.6 Å². The minimum atomic E-state index is -0.816. The molecule has 0 unspecified atom stereocenters. The number of halogens is 2. The zero-order chi connectivity index (χ0) is 25.8. The number of carbonyl (C=O) groups is 1. The summed E-state index contributed by atoms with van der Waals surface area (Å²) in [6.45, 7) is 1.17. The van der Waals surface area contributed by atoms with Crippen LogP contribution >= 0.6 is 11.6 Å². The molecule has 3 aromatic rings. The first-order chi connectivity index (χ1) is 18.0. The van der Waals surface area contributed by atoms with Crippen molar-refractivity contribution in [1.29, 1.82) is 0 Å². The number of aliphatic imine (C=N–C) groups is 1. The molecule has 3 aromatic carbocycles. The SMILES string of the molecule is N[C@@H](Cc1ccccc1Cl)C(=O)Nc1cccc(F)c1CC[C@@H]1CN[C@H](C2=Nc3ccccc3C2)CO1. The minimum Gasteiger partial charge on any atom is -0.375 e. The number of para-hydroxylation sites is 1. The summed E-state index contributed by atoms with van der Waals surface area (Å²) in [7, 11) is 0. The van der Waals surface area contributed by atoms with Crippen LogP contribution < -0.4 is 16.4 Å². The third kappa shape index (κ3) is 6.08. The number of benzene rings is 3. The molecule has 2 aliphatic rings. The Balaban J connectivity index is 1.15. The van der Waals surface area contributed by atoms with Gasteiger partial charge in [0.2, 0.25) is 5.91 Å². The Hall–Kier alpha value is -3.10. The molecule has 0 bridgehead atoms. The normalized spacial score (nSPS) is 19.7. The van der Waals surface area contributed by atoms with Crippen molar-refractivity contribution in [2.75, 3.05) is 18.5 Å². The van der Waals surface area contributed by atoms with Gasteiger partial charge in [-0.1, -0.05) is 54.1 Å². The maximum absolute atomic E-state index is 14.8. The highest BCUT2D eigenvalue weighted by atomic mass is 35.5.